The molecule has 6 heteroatoms. The first-order valence-electron chi connectivity index (χ1n) is 6.94. The van der Waals surface area contributed by atoms with E-state index in [1.807, 2.05) is 30.3 Å². The smallest absolute Gasteiger partial charge is 0.339 e. The van der Waals surface area contributed by atoms with Gasteiger partial charge in [0.25, 0.3) is 0 Å². The predicted molar refractivity (Wildman–Crippen MR) is 84.7 cm³/mol. The average Bonchev–Trinajstić information content (AvgIpc) is 3.11. The molecule has 0 aliphatic carbocycles. The van der Waals surface area contributed by atoms with Gasteiger partial charge in [0.1, 0.15) is 17.9 Å². The molecule has 0 fully saturated rings. The molecule has 0 radical (unpaired) electrons. The first-order valence-corrected chi connectivity index (χ1v) is 6.94. The molecule has 2 aromatic heterocycles. The van der Waals surface area contributed by atoms with Gasteiger partial charge in [-0.15, -0.1) is 0 Å². The molecule has 0 N–H and O–H groups in total. The molecule has 3 aromatic rings. The summed E-state index contributed by atoms with van der Waals surface area (Å²) in [5.41, 5.74) is 2.16. The molecule has 3 rings (SSSR count). The molecule has 0 atom stereocenters. The van der Waals surface area contributed by atoms with Crippen molar-refractivity contribution in [1.29, 1.82) is 0 Å². The quantitative estimate of drug-likeness (QED) is 0.693. The number of rotatable bonds is 4. The Labute approximate surface area is 133 Å². The van der Waals surface area contributed by atoms with Crippen LogP contribution in [-0.2, 0) is 4.74 Å². The fourth-order valence-corrected chi connectivity index (χ4v) is 2.21. The van der Waals surface area contributed by atoms with Crippen LogP contribution in [-0.4, -0.2) is 34.7 Å². The van der Waals surface area contributed by atoms with Crippen LogP contribution in [0.3, 0.4) is 0 Å². The monoisotopic (exact) mass is 309 g/mol. The Morgan fingerprint density at radius 1 is 1.13 bits per heavy atom. The number of ether oxygens (including phenoxy) is 2. The Bertz CT molecular complexity index is 842. The van der Waals surface area contributed by atoms with Gasteiger partial charge in [0, 0.05) is 24.0 Å². The van der Waals surface area contributed by atoms with Gasteiger partial charge < -0.3 is 14.0 Å². The zero-order chi connectivity index (χ0) is 16.2. The Balaban J connectivity index is 1.96. The third-order valence-corrected chi connectivity index (χ3v) is 3.40. The molecule has 2 heterocycles. The minimum Gasteiger partial charge on any atom is -0.497 e. The lowest BCUT2D eigenvalue weighted by molar-refractivity contribution is 0.0601. The lowest BCUT2D eigenvalue weighted by Gasteiger charge is -2.06. The fourth-order valence-electron chi connectivity index (χ4n) is 2.21. The third kappa shape index (κ3) is 3.06. The maximum atomic E-state index is 11.5. The van der Waals surface area contributed by atoms with Crippen molar-refractivity contribution < 1.29 is 14.3 Å². The average molecular weight is 309 g/mol. The Kier molecular flexibility index (Phi) is 4.05. The highest BCUT2D eigenvalue weighted by Crippen LogP contribution is 2.23. The summed E-state index contributed by atoms with van der Waals surface area (Å²) in [6.07, 6.45) is 4.91. The minimum absolute atomic E-state index is 0.383. The van der Waals surface area contributed by atoms with Crippen LogP contribution in [0.5, 0.6) is 5.75 Å². The molecule has 0 unspecified atom stereocenters. The highest BCUT2D eigenvalue weighted by atomic mass is 16.5. The van der Waals surface area contributed by atoms with Crippen molar-refractivity contribution in [3.8, 4) is 22.8 Å². The van der Waals surface area contributed by atoms with E-state index in [9.17, 15) is 4.79 Å². The van der Waals surface area contributed by atoms with Crippen molar-refractivity contribution in [2.45, 2.75) is 0 Å². The molecule has 0 saturated carbocycles. The molecular weight excluding hydrogens is 294 g/mol. The number of carbonyl (C=O) groups is 1. The van der Waals surface area contributed by atoms with E-state index >= 15 is 0 Å². The summed E-state index contributed by atoms with van der Waals surface area (Å²) >= 11 is 0. The standard InChI is InChI=1S/C17H15N3O3/c1-22-14-5-3-4-12(8-14)15-9-16(19-11-18-15)20-7-6-13(10-20)17(21)23-2/h3-11H,1-2H3. The second kappa shape index (κ2) is 6.31. The Hall–Kier alpha value is -3.15. The molecule has 116 valence electrons. The Morgan fingerprint density at radius 2 is 2.00 bits per heavy atom. The number of benzene rings is 1. The van der Waals surface area contributed by atoms with Crippen molar-refractivity contribution in [3.63, 3.8) is 0 Å². The van der Waals surface area contributed by atoms with Gasteiger partial charge in [-0.05, 0) is 18.2 Å². The molecule has 6 nitrogen and oxygen atoms in total. The summed E-state index contributed by atoms with van der Waals surface area (Å²) in [5.74, 6) is 1.04. The zero-order valence-corrected chi connectivity index (χ0v) is 12.8. The van der Waals surface area contributed by atoms with Crippen molar-refractivity contribution in [1.82, 2.24) is 14.5 Å². The number of hydrogen-bond donors (Lipinski definition) is 0. The first-order chi connectivity index (χ1) is 11.2. The topological polar surface area (TPSA) is 66.2 Å². The highest BCUT2D eigenvalue weighted by Gasteiger charge is 2.09. The number of nitrogens with zero attached hydrogens (tertiary/aromatic N) is 3. The molecule has 23 heavy (non-hydrogen) atoms. The third-order valence-electron chi connectivity index (χ3n) is 3.40. The Morgan fingerprint density at radius 3 is 2.78 bits per heavy atom. The lowest BCUT2D eigenvalue weighted by Crippen LogP contribution is -2.00. The van der Waals surface area contributed by atoms with E-state index in [1.54, 1.807) is 30.1 Å². The van der Waals surface area contributed by atoms with Crippen LogP contribution >= 0.6 is 0 Å². The number of esters is 1. The lowest BCUT2D eigenvalue weighted by atomic mass is 10.1. The molecule has 0 amide bonds. The molecule has 0 bridgehead atoms. The number of aromatic nitrogens is 3. The maximum Gasteiger partial charge on any atom is 0.339 e. The van der Waals surface area contributed by atoms with E-state index in [4.69, 9.17) is 9.47 Å². The van der Waals surface area contributed by atoms with E-state index < -0.39 is 0 Å². The number of hydrogen-bond acceptors (Lipinski definition) is 5. The SMILES string of the molecule is COC(=O)c1ccn(-c2cc(-c3cccc(OC)c3)ncn2)c1. The van der Waals surface area contributed by atoms with Gasteiger partial charge in [-0.2, -0.15) is 0 Å². The molecule has 1 aromatic carbocycles. The normalized spacial score (nSPS) is 10.3. The van der Waals surface area contributed by atoms with Crippen molar-refractivity contribution in [2.75, 3.05) is 14.2 Å². The summed E-state index contributed by atoms with van der Waals surface area (Å²) in [5, 5.41) is 0. The van der Waals surface area contributed by atoms with Gasteiger partial charge in [-0.3, -0.25) is 0 Å². The second-order valence-electron chi connectivity index (χ2n) is 4.79. The summed E-state index contributed by atoms with van der Waals surface area (Å²) in [4.78, 5) is 20.1. The molecule has 0 saturated heterocycles. The van der Waals surface area contributed by atoms with Gasteiger partial charge in [0.05, 0.1) is 25.5 Å². The van der Waals surface area contributed by atoms with Gasteiger partial charge >= 0.3 is 5.97 Å². The van der Waals surface area contributed by atoms with Crippen LogP contribution in [0, 0.1) is 0 Å². The minimum atomic E-state index is -0.383. The highest BCUT2D eigenvalue weighted by molar-refractivity contribution is 5.89. The fraction of sp³-hybridized carbons (Fsp3) is 0.118. The number of methoxy groups -OCH3 is 2. The molecule has 0 aliphatic heterocycles. The van der Waals surface area contributed by atoms with Crippen molar-refractivity contribution in [2.24, 2.45) is 0 Å². The molecule has 0 aliphatic rings. The van der Waals surface area contributed by atoms with Crippen LogP contribution in [0.2, 0.25) is 0 Å². The molecule has 0 spiro atoms. The summed E-state index contributed by atoms with van der Waals surface area (Å²) in [6.45, 7) is 0. The predicted octanol–water partition coefficient (Wildman–Crippen LogP) is 2.73. The van der Waals surface area contributed by atoms with E-state index in [2.05, 4.69) is 9.97 Å². The van der Waals surface area contributed by atoms with E-state index in [0.29, 0.717) is 11.4 Å². The summed E-state index contributed by atoms with van der Waals surface area (Å²) in [6, 6.07) is 11.2. The van der Waals surface area contributed by atoms with Crippen LogP contribution < -0.4 is 4.74 Å². The van der Waals surface area contributed by atoms with Crippen molar-refractivity contribution in [3.05, 3.63) is 60.7 Å². The van der Waals surface area contributed by atoms with Crippen LogP contribution in [0.4, 0.5) is 0 Å². The van der Waals surface area contributed by atoms with Crippen LogP contribution in [0.1, 0.15) is 10.4 Å². The van der Waals surface area contributed by atoms with Crippen molar-refractivity contribution >= 4 is 5.97 Å². The van der Waals surface area contributed by atoms with Gasteiger partial charge in [-0.1, -0.05) is 12.1 Å². The largest absolute Gasteiger partial charge is 0.497 e. The van der Waals surface area contributed by atoms with E-state index in [-0.39, 0.29) is 5.97 Å². The van der Waals surface area contributed by atoms with E-state index in [1.165, 1.54) is 13.4 Å². The summed E-state index contributed by atoms with van der Waals surface area (Å²) < 4.78 is 11.7. The molecular formula is C17H15N3O3. The van der Waals surface area contributed by atoms with Crippen LogP contribution in [0.25, 0.3) is 17.1 Å². The van der Waals surface area contributed by atoms with Gasteiger partial charge in [-0.25, -0.2) is 14.8 Å². The zero-order valence-electron chi connectivity index (χ0n) is 12.8. The van der Waals surface area contributed by atoms with E-state index in [0.717, 1.165) is 17.0 Å². The van der Waals surface area contributed by atoms with Crippen LogP contribution in [0.15, 0.2) is 55.1 Å². The van der Waals surface area contributed by atoms with Gasteiger partial charge in [0.2, 0.25) is 0 Å². The maximum absolute atomic E-state index is 11.5. The summed E-state index contributed by atoms with van der Waals surface area (Å²) in [7, 11) is 2.98. The number of carbonyl (C=O) groups excluding carboxylic acids is 1. The first kappa shape index (κ1) is 14.8. The van der Waals surface area contributed by atoms with Gasteiger partial charge in [0.15, 0.2) is 0 Å². The second-order valence-corrected chi connectivity index (χ2v) is 4.79.